The molecule has 0 bridgehead atoms. The van der Waals surface area contributed by atoms with Crippen LogP contribution < -0.4 is 0 Å². The van der Waals surface area contributed by atoms with E-state index in [1.54, 1.807) is 0 Å². The minimum absolute atomic E-state index is 0.476. The minimum atomic E-state index is 0.476. The summed E-state index contributed by atoms with van der Waals surface area (Å²) < 4.78 is 11.3. The number of rotatable bonds is 23. The summed E-state index contributed by atoms with van der Waals surface area (Å²) in [4.78, 5) is 0.643. The van der Waals surface area contributed by atoms with Crippen molar-refractivity contribution in [1.29, 1.82) is 0 Å². The molecule has 0 heterocycles. The van der Waals surface area contributed by atoms with Crippen molar-refractivity contribution in [3.63, 3.8) is 0 Å². The lowest BCUT2D eigenvalue weighted by Crippen LogP contribution is -2.12. The van der Waals surface area contributed by atoms with Gasteiger partial charge in [-0.15, -0.1) is 0 Å². The van der Waals surface area contributed by atoms with Crippen LogP contribution in [-0.2, 0) is 9.47 Å². The van der Waals surface area contributed by atoms with E-state index in [-0.39, 0.29) is 0 Å². The molecule has 0 saturated carbocycles. The second-order valence-electron chi connectivity index (χ2n) is 10.7. The molecule has 5 unspecified atom stereocenters. The van der Waals surface area contributed by atoms with Crippen molar-refractivity contribution in [3.05, 3.63) is 0 Å². The summed E-state index contributed by atoms with van der Waals surface area (Å²) in [6.45, 7) is 16.4. The number of alkyl halides is 1. The van der Waals surface area contributed by atoms with E-state index in [1.807, 2.05) is 0 Å². The average molecular weight is 506 g/mol. The van der Waals surface area contributed by atoms with Gasteiger partial charge in [0.1, 0.15) is 6.79 Å². The van der Waals surface area contributed by atoms with Gasteiger partial charge in [0.25, 0.3) is 0 Å². The van der Waals surface area contributed by atoms with E-state index in [0.29, 0.717) is 11.6 Å². The van der Waals surface area contributed by atoms with Crippen molar-refractivity contribution in [2.24, 2.45) is 23.7 Å². The van der Waals surface area contributed by atoms with Gasteiger partial charge in [-0.3, -0.25) is 0 Å². The normalized spacial score (nSPS) is 16.7. The van der Waals surface area contributed by atoms with Crippen molar-refractivity contribution in [3.8, 4) is 0 Å². The zero-order valence-corrected chi connectivity index (χ0v) is 23.7. The smallest absolute Gasteiger partial charge is 0.146 e. The maximum atomic E-state index is 5.67. The highest BCUT2D eigenvalue weighted by atomic mass is 79.9. The van der Waals surface area contributed by atoms with Gasteiger partial charge in [-0.05, 0) is 68.6 Å². The van der Waals surface area contributed by atoms with Crippen LogP contribution in [0.2, 0.25) is 0 Å². The Balaban J connectivity index is 3.48. The molecule has 0 aromatic carbocycles. The van der Waals surface area contributed by atoms with E-state index in [4.69, 9.17) is 9.47 Å². The fourth-order valence-corrected chi connectivity index (χ4v) is 5.71. The lowest BCUT2D eigenvalue weighted by atomic mass is 9.84. The first-order valence-electron chi connectivity index (χ1n) is 13.6. The fraction of sp³-hybridized carbons (Fsp3) is 1.00. The molecule has 0 saturated heterocycles. The van der Waals surface area contributed by atoms with Crippen LogP contribution >= 0.6 is 15.9 Å². The molecule has 0 aromatic rings. The van der Waals surface area contributed by atoms with Crippen LogP contribution in [0.4, 0.5) is 0 Å². The van der Waals surface area contributed by atoms with Crippen molar-refractivity contribution in [1.82, 2.24) is 0 Å². The molecule has 0 aromatic heterocycles. The van der Waals surface area contributed by atoms with E-state index < -0.39 is 0 Å². The summed E-state index contributed by atoms with van der Waals surface area (Å²) in [6, 6.07) is 0. The Morgan fingerprint density at radius 3 is 1.55 bits per heavy atom. The summed E-state index contributed by atoms with van der Waals surface area (Å²) in [6.07, 6.45) is 18.6. The summed E-state index contributed by atoms with van der Waals surface area (Å²) >= 11 is 3.70. The molecule has 0 aliphatic carbocycles. The number of ether oxygens (including phenoxy) is 2. The second-order valence-corrected chi connectivity index (χ2v) is 12.3. The van der Waals surface area contributed by atoms with E-state index in [9.17, 15) is 0 Å². The summed E-state index contributed by atoms with van der Waals surface area (Å²) in [5, 5.41) is 0. The third-order valence-electron chi connectivity index (χ3n) is 6.44. The SMILES string of the molecule is CCCCCCCCCCOCOCCCC(C)CC(C)CC(C)CC(C)CC(C)Br. The average Bonchev–Trinajstić information content (AvgIpc) is 2.67. The number of hydrogen-bond acceptors (Lipinski definition) is 2. The van der Waals surface area contributed by atoms with E-state index in [0.717, 1.165) is 43.3 Å². The van der Waals surface area contributed by atoms with Gasteiger partial charge >= 0.3 is 0 Å². The Kier molecular flexibility index (Phi) is 22.5. The van der Waals surface area contributed by atoms with Gasteiger partial charge in [-0.1, -0.05) is 102 Å². The quantitative estimate of drug-likeness (QED) is 0.0781. The predicted octanol–water partition coefficient (Wildman–Crippen LogP) is 9.79. The van der Waals surface area contributed by atoms with Crippen LogP contribution in [0.5, 0.6) is 0 Å². The highest BCUT2D eigenvalue weighted by Crippen LogP contribution is 2.27. The van der Waals surface area contributed by atoms with Gasteiger partial charge < -0.3 is 9.47 Å². The lowest BCUT2D eigenvalue weighted by molar-refractivity contribution is -0.0561. The summed E-state index contributed by atoms with van der Waals surface area (Å²) in [7, 11) is 0. The molecular weight excluding hydrogens is 448 g/mol. The van der Waals surface area contributed by atoms with Crippen molar-refractivity contribution < 1.29 is 9.47 Å². The highest BCUT2D eigenvalue weighted by molar-refractivity contribution is 9.09. The molecule has 0 spiro atoms. The van der Waals surface area contributed by atoms with E-state index in [2.05, 4.69) is 57.5 Å². The van der Waals surface area contributed by atoms with Crippen LogP contribution in [0, 0.1) is 23.7 Å². The molecular formula is C28H57BrO2. The molecule has 0 fully saturated rings. The first-order valence-corrected chi connectivity index (χ1v) is 14.6. The second kappa shape index (κ2) is 22.2. The first-order chi connectivity index (χ1) is 14.8. The third kappa shape index (κ3) is 23.4. The molecule has 31 heavy (non-hydrogen) atoms. The van der Waals surface area contributed by atoms with Crippen molar-refractivity contribution >= 4 is 15.9 Å². The fourth-order valence-electron chi connectivity index (χ4n) is 5.07. The zero-order chi connectivity index (χ0) is 23.3. The Bertz CT molecular complexity index is 361. The highest BCUT2D eigenvalue weighted by Gasteiger charge is 2.15. The first kappa shape index (κ1) is 31.4. The standard InChI is InChI=1S/C28H57BrO2/c1-7-8-9-10-11-12-13-14-17-30-23-31-18-15-16-24(2)19-25(3)20-26(4)21-27(5)22-28(6)29/h24-28H,7-23H2,1-6H3. The molecule has 2 nitrogen and oxygen atoms in total. The van der Waals surface area contributed by atoms with Crippen LogP contribution in [0.15, 0.2) is 0 Å². The number of hydrogen-bond donors (Lipinski definition) is 0. The zero-order valence-electron chi connectivity index (χ0n) is 22.1. The van der Waals surface area contributed by atoms with Gasteiger partial charge in [0.05, 0.1) is 0 Å². The molecule has 0 N–H and O–H groups in total. The molecule has 0 radical (unpaired) electrons. The van der Waals surface area contributed by atoms with E-state index >= 15 is 0 Å². The number of unbranched alkanes of at least 4 members (excludes halogenated alkanes) is 7. The van der Waals surface area contributed by atoms with E-state index in [1.165, 1.54) is 83.5 Å². The topological polar surface area (TPSA) is 18.5 Å². The lowest BCUT2D eigenvalue weighted by Gasteiger charge is -2.23. The monoisotopic (exact) mass is 504 g/mol. The number of halogens is 1. The van der Waals surface area contributed by atoms with Crippen LogP contribution in [0.3, 0.4) is 0 Å². The molecule has 0 rings (SSSR count). The van der Waals surface area contributed by atoms with Crippen LogP contribution in [-0.4, -0.2) is 24.8 Å². The Morgan fingerprint density at radius 2 is 1.00 bits per heavy atom. The Labute approximate surface area is 205 Å². The largest absolute Gasteiger partial charge is 0.355 e. The Hall–Kier alpha value is 0.400. The maximum Gasteiger partial charge on any atom is 0.146 e. The molecule has 3 heteroatoms. The van der Waals surface area contributed by atoms with Gasteiger partial charge in [-0.2, -0.15) is 0 Å². The molecule has 0 amide bonds. The Morgan fingerprint density at radius 1 is 0.548 bits per heavy atom. The maximum absolute atomic E-state index is 5.67. The van der Waals surface area contributed by atoms with Crippen LogP contribution in [0.1, 0.15) is 131 Å². The molecule has 0 aliphatic rings. The molecule has 5 atom stereocenters. The molecule has 0 aliphatic heterocycles. The van der Waals surface area contributed by atoms with Crippen molar-refractivity contribution in [2.45, 2.75) is 136 Å². The molecule has 188 valence electrons. The van der Waals surface area contributed by atoms with Gasteiger partial charge in [0.15, 0.2) is 0 Å². The van der Waals surface area contributed by atoms with Crippen LogP contribution in [0.25, 0.3) is 0 Å². The van der Waals surface area contributed by atoms with Crippen molar-refractivity contribution in [2.75, 3.05) is 20.0 Å². The van der Waals surface area contributed by atoms with Gasteiger partial charge in [-0.25, -0.2) is 0 Å². The van der Waals surface area contributed by atoms with Gasteiger partial charge in [0.2, 0.25) is 0 Å². The third-order valence-corrected chi connectivity index (χ3v) is 6.81. The minimum Gasteiger partial charge on any atom is -0.355 e. The summed E-state index contributed by atoms with van der Waals surface area (Å²) in [5.74, 6) is 3.28. The predicted molar refractivity (Wildman–Crippen MR) is 142 cm³/mol. The van der Waals surface area contributed by atoms with Gasteiger partial charge in [0, 0.05) is 18.0 Å². The summed E-state index contributed by atoms with van der Waals surface area (Å²) in [5.41, 5.74) is 0.